The first-order valence-electron chi connectivity index (χ1n) is 17.3. The Labute approximate surface area is 287 Å². The van der Waals surface area contributed by atoms with E-state index >= 15 is 0 Å². The lowest BCUT2D eigenvalue weighted by Crippen LogP contribution is -1.95. The summed E-state index contributed by atoms with van der Waals surface area (Å²) in [5.41, 5.74) is 7.18. The van der Waals surface area contributed by atoms with Gasteiger partial charge in [-0.2, -0.15) is 0 Å². The van der Waals surface area contributed by atoms with Crippen LogP contribution in [0.25, 0.3) is 55.0 Å². The van der Waals surface area contributed by atoms with E-state index in [1.165, 1.54) is 96.7 Å². The molecule has 0 bridgehead atoms. The molecule has 2 nitrogen and oxygen atoms in total. The van der Waals surface area contributed by atoms with E-state index in [4.69, 9.17) is 0 Å². The average molecular weight is 635 g/mol. The van der Waals surface area contributed by atoms with Gasteiger partial charge in [0, 0.05) is 43.4 Å². The normalized spacial score (nSPS) is 12.0. The Balaban J connectivity index is 1.53. The fraction of sp³-hybridized carbons (Fsp3) is 0. The van der Waals surface area contributed by atoms with Gasteiger partial charge in [-0.15, -0.1) is 0 Å². The minimum Gasteiger partial charge on any atom is -0.309 e. The van der Waals surface area contributed by atoms with Gasteiger partial charge >= 0.3 is 0 Å². The smallest absolute Gasteiger partial charge is 0.0547 e. The largest absolute Gasteiger partial charge is 0.309 e. The molecular formula is C48H30N2. The molecule has 11 rings (SSSR count). The molecule has 2 heteroatoms. The second-order valence-electron chi connectivity index (χ2n) is 13.2. The molecule has 8 aromatic carbocycles. The second kappa shape index (κ2) is 10.4. The van der Waals surface area contributed by atoms with Gasteiger partial charge in [0.25, 0.3) is 0 Å². The van der Waals surface area contributed by atoms with E-state index in [-0.39, 0.29) is 0 Å². The van der Waals surface area contributed by atoms with Gasteiger partial charge < -0.3 is 9.13 Å². The zero-order chi connectivity index (χ0) is 32.8. The van der Waals surface area contributed by atoms with Crippen molar-refractivity contribution >= 4 is 43.6 Å². The Morgan fingerprint density at radius 2 is 0.600 bits per heavy atom. The van der Waals surface area contributed by atoms with Gasteiger partial charge in [-0.05, 0) is 79.8 Å². The Bertz CT molecular complexity index is 3180. The van der Waals surface area contributed by atoms with Crippen molar-refractivity contribution in [2.75, 3.05) is 0 Å². The summed E-state index contributed by atoms with van der Waals surface area (Å²) in [7, 11) is 0. The Morgan fingerprint density at radius 1 is 0.240 bits per heavy atom. The molecule has 1 aliphatic rings. The van der Waals surface area contributed by atoms with Crippen LogP contribution in [0.4, 0.5) is 0 Å². The highest BCUT2D eigenvalue weighted by Gasteiger charge is 2.17. The summed E-state index contributed by atoms with van der Waals surface area (Å²) in [6.07, 6.45) is 0. The lowest BCUT2D eigenvalue weighted by molar-refractivity contribution is 1.17. The summed E-state index contributed by atoms with van der Waals surface area (Å²) in [6.45, 7) is 0. The number of benzene rings is 8. The number of hydrogen-bond acceptors (Lipinski definition) is 0. The first kappa shape index (κ1) is 27.3. The minimum atomic E-state index is 1.17. The number of hydrogen-bond donors (Lipinski definition) is 0. The van der Waals surface area contributed by atoms with Crippen LogP contribution in [0.3, 0.4) is 0 Å². The van der Waals surface area contributed by atoms with E-state index < -0.39 is 0 Å². The Hall–Kier alpha value is -6.64. The molecule has 0 fully saturated rings. The summed E-state index contributed by atoms with van der Waals surface area (Å²) in [6, 6.07) is 66.8. The van der Waals surface area contributed by atoms with Crippen molar-refractivity contribution in [3.63, 3.8) is 0 Å². The molecule has 50 heavy (non-hydrogen) atoms. The van der Waals surface area contributed by atoms with Crippen LogP contribution < -0.4 is 0 Å². The fourth-order valence-corrected chi connectivity index (χ4v) is 8.71. The van der Waals surface area contributed by atoms with E-state index in [9.17, 15) is 0 Å². The number of para-hydroxylation sites is 4. The molecular weight excluding hydrogens is 605 g/mol. The van der Waals surface area contributed by atoms with E-state index in [0.29, 0.717) is 0 Å². The maximum atomic E-state index is 2.43. The lowest BCUT2D eigenvalue weighted by Gasteiger charge is -2.09. The monoisotopic (exact) mass is 634 g/mol. The van der Waals surface area contributed by atoms with Gasteiger partial charge in [-0.25, -0.2) is 0 Å². The van der Waals surface area contributed by atoms with Crippen LogP contribution in [0, 0.1) is 41.7 Å². The molecule has 0 saturated carbocycles. The van der Waals surface area contributed by atoms with E-state index in [2.05, 4.69) is 191 Å². The van der Waals surface area contributed by atoms with Crippen molar-refractivity contribution in [1.29, 1.82) is 0 Å². The first-order chi connectivity index (χ1) is 24.9. The fourth-order valence-electron chi connectivity index (χ4n) is 8.71. The zero-order valence-corrected chi connectivity index (χ0v) is 27.2. The third kappa shape index (κ3) is 3.68. The third-order valence-corrected chi connectivity index (χ3v) is 10.7. The number of nitrogens with zero attached hydrogens (tertiary/aromatic N) is 2. The third-order valence-electron chi connectivity index (χ3n) is 10.7. The minimum absolute atomic E-state index is 1.17. The molecule has 0 saturated heterocycles. The van der Waals surface area contributed by atoms with Crippen LogP contribution in [0.1, 0.15) is 0 Å². The van der Waals surface area contributed by atoms with E-state index in [0.717, 1.165) is 0 Å². The van der Waals surface area contributed by atoms with Crippen LogP contribution in [-0.2, 0) is 0 Å². The molecule has 0 spiro atoms. The van der Waals surface area contributed by atoms with Gasteiger partial charge in [0.05, 0.1) is 22.1 Å². The number of fused-ring (bicyclic) bond motifs is 12. The molecule has 0 atom stereocenters. The molecule has 0 aliphatic heterocycles. The topological polar surface area (TPSA) is 9.86 Å². The maximum absolute atomic E-state index is 2.43. The van der Waals surface area contributed by atoms with Crippen LogP contribution in [0.2, 0.25) is 0 Å². The molecule has 2 aromatic heterocycles. The molecule has 0 N–H and O–H groups in total. The summed E-state index contributed by atoms with van der Waals surface area (Å²) >= 11 is 0. The van der Waals surface area contributed by atoms with E-state index in [1.807, 2.05) is 0 Å². The van der Waals surface area contributed by atoms with Gasteiger partial charge in [0.2, 0.25) is 0 Å². The second-order valence-corrected chi connectivity index (χ2v) is 13.2. The van der Waals surface area contributed by atoms with Crippen molar-refractivity contribution in [2.24, 2.45) is 0 Å². The van der Waals surface area contributed by atoms with Crippen LogP contribution in [0.15, 0.2) is 182 Å². The molecule has 0 unspecified atom stereocenters. The number of aromatic nitrogens is 2. The lowest BCUT2D eigenvalue weighted by atomic mass is 9.97. The van der Waals surface area contributed by atoms with Crippen molar-refractivity contribution in [1.82, 2.24) is 9.13 Å². The molecule has 232 valence electrons. The van der Waals surface area contributed by atoms with Crippen LogP contribution in [-0.4, -0.2) is 9.13 Å². The van der Waals surface area contributed by atoms with Crippen molar-refractivity contribution in [3.05, 3.63) is 224 Å². The van der Waals surface area contributed by atoms with Crippen molar-refractivity contribution in [3.8, 4) is 11.4 Å². The Kier molecular flexibility index (Phi) is 5.70. The summed E-state index contributed by atoms with van der Waals surface area (Å²) < 4.78 is 4.86. The molecule has 0 amide bonds. The zero-order valence-electron chi connectivity index (χ0n) is 27.2. The predicted octanol–water partition coefficient (Wildman–Crippen LogP) is 11.3. The highest BCUT2D eigenvalue weighted by molar-refractivity contribution is 6.11. The molecule has 10 aromatic rings. The average Bonchev–Trinajstić information content (AvgIpc) is 3.70. The quantitative estimate of drug-likeness (QED) is 0.179. The van der Waals surface area contributed by atoms with Gasteiger partial charge in [0.1, 0.15) is 0 Å². The van der Waals surface area contributed by atoms with Crippen LogP contribution >= 0.6 is 0 Å². The number of rotatable bonds is 2. The molecule has 2 heterocycles. The molecule has 1 aliphatic carbocycles. The molecule has 0 radical (unpaired) electrons. The van der Waals surface area contributed by atoms with Crippen molar-refractivity contribution < 1.29 is 0 Å². The van der Waals surface area contributed by atoms with Crippen molar-refractivity contribution in [2.45, 2.75) is 0 Å². The SMILES string of the molecule is c1ccc(-n2c3ccccc3c3c4c(ccc32)=c2ccc3c(c2=c2ccccc2=c2ccccc2=4)c2ccccc2n3-c2ccccc2)cc1. The van der Waals surface area contributed by atoms with Gasteiger partial charge in [-0.3, -0.25) is 0 Å². The first-order valence-corrected chi connectivity index (χ1v) is 17.3. The van der Waals surface area contributed by atoms with Crippen LogP contribution in [0.5, 0.6) is 0 Å². The summed E-state index contributed by atoms with van der Waals surface area (Å²) in [4.78, 5) is 0. The Morgan fingerprint density at radius 3 is 1.04 bits per heavy atom. The highest BCUT2D eigenvalue weighted by atomic mass is 15.0. The summed E-state index contributed by atoms with van der Waals surface area (Å²) in [5.74, 6) is 0. The summed E-state index contributed by atoms with van der Waals surface area (Å²) in [5, 5.41) is 15.2. The van der Waals surface area contributed by atoms with Gasteiger partial charge in [-0.1, -0.05) is 133 Å². The predicted molar refractivity (Wildman–Crippen MR) is 205 cm³/mol. The standard InChI is InChI=1S/C48H30N2/c1-3-15-31(16-4-1)49-41-25-13-11-23-39(41)47-43(49)29-27-37-38-28-30-44-48(40-24-12-14-26-42(40)50(44)32-17-5-2-6-18-32)46(38)36-22-10-8-20-34(36)33-19-7-9-21-35(33)45(37)47/h1-30H. The highest BCUT2D eigenvalue weighted by Crippen LogP contribution is 2.36. The van der Waals surface area contributed by atoms with Gasteiger partial charge in [0.15, 0.2) is 0 Å². The maximum Gasteiger partial charge on any atom is 0.0547 e. The van der Waals surface area contributed by atoms with E-state index in [1.54, 1.807) is 0 Å².